The van der Waals surface area contributed by atoms with Gasteiger partial charge in [-0.3, -0.25) is 9.48 Å². The Morgan fingerprint density at radius 3 is 2.62 bits per heavy atom. The topological polar surface area (TPSA) is 104 Å². The molecule has 9 nitrogen and oxygen atoms in total. The Kier molecular flexibility index (Phi) is 5.07. The van der Waals surface area contributed by atoms with Gasteiger partial charge < -0.3 is 10.1 Å². The molecule has 1 amide bonds. The largest absolute Gasteiger partial charge is 0.452 e. The predicted molar refractivity (Wildman–Crippen MR) is 92.4 cm³/mol. The van der Waals surface area contributed by atoms with E-state index in [4.69, 9.17) is 4.74 Å². The first-order valence-corrected chi connectivity index (χ1v) is 7.90. The number of nitrogens with zero attached hydrogens (tertiary/aromatic N) is 5. The molecule has 26 heavy (non-hydrogen) atoms. The van der Waals surface area contributed by atoms with Crippen molar-refractivity contribution in [2.24, 2.45) is 7.05 Å². The molecule has 0 aliphatic heterocycles. The molecule has 0 saturated heterocycles. The van der Waals surface area contributed by atoms with Crippen LogP contribution in [0.1, 0.15) is 21.6 Å². The van der Waals surface area contributed by atoms with Crippen molar-refractivity contribution in [2.45, 2.75) is 13.5 Å². The van der Waals surface area contributed by atoms with Crippen molar-refractivity contribution in [2.75, 3.05) is 11.9 Å². The number of hydrogen-bond donors (Lipinski definition) is 1. The van der Waals surface area contributed by atoms with Gasteiger partial charge in [-0.25, -0.2) is 14.5 Å². The van der Waals surface area contributed by atoms with Crippen LogP contribution in [0.4, 0.5) is 5.82 Å². The van der Waals surface area contributed by atoms with Gasteiger partial charge in [0, 0.05) is 13.1 Å². The van der Waals surface area contributed by atoms with Crippen molar-refractivity contribution < 1.29 is 14.3 Å². The summed E-state index contributed by atoms with van der Waals surface area (Å²) in [5, 5.41) is 10.8. The van der Waals surface area contributed by atoms with Gasteiger partial charge in [0.1, 0.15) is 18.5 Å². The van der Waals surface area contributed by atoms with Crippen LogP contribution in [0.2, 0.25) is 0 Å². The highest BCUT2D eigenvalue weighted by atomic mass is 16.5. The number of aryl methyl sites for hydroxylation is 2. The van der Waals surface area contributed by atoms with Crippen LogP contribution in [0.3, 0.4) is 0 Å². The maximum absolute atomic E-state index is 12.1. The molecule has 3 rings (SSSR count). The summed E-state index contributed by atoms with van der Waals surface area (Å²) in [5.41, 5.74) is 2.12. The maximum Gasteiger partial charge on any atom is 0.338 e. The molecule has 0 spiro atoms. The quantitative estimate of drug-likeness (QED) is 0.666. The molecular formula is C17H18N6O3. The van der Waals surface area contributed by atoms with Crippen LogP contribution in [0, 0.1) is 6.92 Å². The van der Waals surface area contributed by atoms with Crippen molar-refractivity contribution >= 4 is 17.7 Å². The summed E-state index contributed by atoms with van der Waals surface area (Å²) in [5.74, 6) is -0.446. The van der Waals surface area contributed by atoms with E-state index in [1.807, 2.05) is 6.92 Å². The molecule has 0 saturated carbocycles. The number of esters is 1. The number of carbonyl (C=O) groups is 2. The smallest absolute Gasteiger partial charge is 0.338 e. The molecule has 1 N–H and O–H groups in total. The van der Waals surface area contributed by atoms with Crippen LogP contribution in [0.25, 0.3) is 0 Å². The number of carbonyl (C=O) groups excluding carboxylic acids is 2. The van der Waals surface area contributed by atoms with Crippen LogP contribution in [0.15, 0.2) is 43.0 Å². The van der Waals surface area contributed by atoms with E-state index in [0.29, 0.717) is 17.9 Å². The van der Waals surface area contributed by atoms with E-state index in [0.717, 1.165) is 11.3 Å². The van der Waals surface area contributed by atoms with Gasteiger partial charge in [0.2, 0.25) is 0 Å². The summed E-state index contributed by atoms with van der Waals surface area (Å²) in [4.78, 5) is 27.8. The third-order valence-electron chi connectivity index (χ3n) is 3.60. The van der Waals surface area contributed by atoms with Gasteiger partial charge in [-0.05, 0) is 24.6 Å². The molecule has 134 valence electrons. The zero-order valence-corrected chi connectivity index (χ0v) is 14.4. The number of ether oxygens (including phenoxy) is 1. The van der Waals surface area contributed by atoms with E-state index in [9.17, 15) is 9.59 Å². The fourth-order valence-corrected chi connectivity index (χ4v) is 2.37. The highest BCUT2D eigenvalue weighted by Crippen LogP contribution is 2.09. The van der Waals surface area contributed by atoms with Crippen molar-refractivity contribution in [1.82, 2.24) is 24.5 Å². The van der Waals surface area contributed by atoms with Gasteiger partial charge in [-0.2, -0.15) is 10.2 Å². The highest BCUT2D eigenvalue weighted by molar-refractivity contribution is 5.95. The Morgan fingerprint density at radius 1 is 1.23 bits per heavy atom. The van der Waals surface area contributed by atoms with E-state index in [1.54, 1.807) is 53.1 Å². The lowest BCUT2D eigenvalue weighted by Gasteiger charge is -2.07. The number of aromatic nitrogens is 5. The van der Waals surface area contributed by atoms with Gasteiger partial charge in [0.25, 0.3) is 5.91 Å². The Bertz CT molecular complexity index is 899. The van der Waals surface area contributed by atoms with Gasteiger partial charge in [-0.15, -0.1) is 0 Å². The SMILES string of the molecule is Cc1cc(NC(=O)COC(=O)c2ccc(Cn3cncn3)cc2)n(C)n1. The van der Waals surface area contributed by atoms with Crippen LogP contribution in [0.5, 0.6) is 0 Å². The Balaban J connectivity index is 1.51. The van der Waals surface area contributed by atoms with E-state index >= 15 is 0 Å². The summed E-state index contributed by atoms with van der Waals surface area (Å²) < 4.78 is 8.27. The molecule has 2 heterocycles. The first-order chi connectivity index (χ1) is 12.5. The number of benzene rings is 1. The van der Waals surface area contributed by atoms with Crippen LogP contribution < -0.4 is 5.32 Å². The lowest BCUT2D eigenvalue weighted by Crippen LogP contribution is -2.22. The summed E-state index contributed by atoms with van der Waals surface area (Å²) >= 11 is 0. The average Bonchev–Trinajstić information content (AvgIpc) is 3.23. The molecular weight excluding hydrogens is 336 g/mol. The highest BCUT2D eigenvalue weighted by Gasteiger charge is 2.12. The minimum atomic E-state index is -0.561. The van der Waals surface area contributed by atoms with Gasteiger partial charge in [0.05, 0.1) is 17.8 Å². The van der Waals surface area contributed by atoms with Crippen molar-refractivity contribution in [3.63, 3.8) is 0 Å². The van der Waals surface area contributed by atoms with Crippen LogP contribution >= 0.6 is 0 Å². The lowest BCUT2D eigenvalue weighted by molar-refractivity contribution is -0.119. The molecule has 0 aliphatic carbocycles. The standard InChI is InChI=1S/C17H18N6O3/c1-12-7-15(22(2)21-12)20-16(24)9-26-17(25)14-5-3-13(4-6-14)8-23-11-18-10-19-23/h3-7,10-11H,8-9H2,1-2H3,(H,20,24). The number of hydrogen-bond acceptors (Lipinski definition) is 6. The predicted octanol–water partition coefficient (Wildman–Crippen LogP) is 1.16. The van der Waals surface area contributed by atoms with Crippen molar-refractivity contribution in [3.8, 4) is 0 Å². The lowest BCUT2D eigenvalue weighted by atomic mass is 10.1. The van der Waals surface area contributed by atoms with Gasteiger partial charge in [0.15, 0.2) is 6.61 Å². The monoisotopic (exact) mass is 354 g/mol. The third-order valence-corrected chi connectivity index (χ3v) is 3.60. The molecule has 1 aromatic carbocycles. The summed E-state index contributed by atoms with van der Waals surface area (Å²) in [6.45, 7) is 2.01. The molecule has 0 bridgehead atoms. The molecule has 3 aromatic rings. The Hall–Kier alpha value is -3.49. The third kappa shape index (κ3) is 4.32. The number of rotatable bonds is 6. The molecule has 0 unspecified atom stereocenters. The first kappa shape index (κ1) is 17.3. The summed E-state index contributed by atoms with van der Waals surface area (Å²) in [6, 6.07) is 8.63. The Morgan fingerprint density at radius 2 is 2.00 bits per heavy atom. The molecule has 0 fully saturated rings. The second-order valence-electron chi connectivity index (χ2n) is 5.71. The molecule has 2 aromatic heterocycles. The molecule has 0 atom stereocenters. The second kappa shape index (κ2) is 7.60. The fraction of sp³-hybridized carbons (Fsp3) is 0.235. The van der Waals surface area contributed by atoms with Crippen LogP contribution in [-0.2, 0) is 23.1 Å². The minimum absolute atomic E-state index is 0.371. The minimum Gasteiger partial charge on any atom is -0.452 e. The number of anilines is 1. The zero-order chi connectivity index (χ0) is 18.5. The Labute approximate surface area is 149 Å². The van der Waals surface area contributed by atoms with E-state index in [-0.39, 0.29) is 6.61 Å². The van der Waals surface area contributed by atoms with Crippen LogP contribution in [-0.4, -0.2) is 43.0 Å². The van der Waals surface area contributed by atoms with E-state index in [2.05, 4.69) is 20.5 Å². The molecule has 0 aliphatic rings. The fourth-order valence-electron chi connectivity index (χ4n) is 2.37. The first-order valence-electron chi connectivity index (χ1n) is 7.90. The zero-order valence-electron chi connectivity index (χ0n) is 14.4. The van der Waals surface area contributed by atoms with Crippen molar-refractivity contribution in [1.29, 1.82) is 0 Å². The van der Waals surface area contributed by atoms with Gasteiger partial charge in [-0.1, -0.05) is 12.1 Å². The number of nitrogens with one attached hydrogen (secondary N) is 1. The normalized spacial score (nSPS) is 10.5. The van der Waals surface area contributed by atoms with Crippen molar-refractivity contribution in [3.05, 3.63) is 59.8 Å². The van der Waals surface area contributed by atoms with E-state index in [1.165, 1.54) is 6.33 Å². The summed E-state index contributed by atoms with van der Waals surface area (Å²) in [6.07, 6.45) is 3.08. The molecule has 9 heteroatoms. The van der Waals surface area contributed by atoms with E-state index < -0.39 is 11.9 Å². The average molecular weight is 354 g/mol. The second-order valence-corrected chi connectivity index (χ2v) is 5.71. The maximum atomic E-state index is 12.1. The molecule has 0 radical (unpaired) electrons. The number of amides is 1. The van der Waals surface area contributed by atoms with Gasteiger partial charge >= 0.3 is 5.97 Å². The summed E-state index contributed by atoms with van der Waals surface area (Å²) in [7, 11) is 1.72.